The molecule has 2 heterocycles. The number of fused-ring (bicyclic) bond motifs is 2. The van der Waals surface area contributed by atoms with E-state index >= 15 is 0 Å². The average molecular weight is 316 g/mol. The first-order chi connectivity index (χ1) is 9.59. The van der Waals surface area contributed by atoms with Crippen LogP contribution in [0.4, 0.5) is 0 Å². The predicted octanol–water partition coefficient (Wildman–Crippen LogP) is 2.15. The van der Waals surface area contributed by atoms with E-state index in [-0.39, 0.29) is 23.4 Å². The normalized spacial score (nSPS) is 37.8. The summed E-state index contributed by atoms with van der Waals surface area (Å²) in [6.45, 7) is 13.3. The molecule has 0 amide bonds. The Hall–Kier alpha value is -0.273. The summed E-state index contributed by atoms with van der Waals surface area (Å²) >= 11 is 0. The summed E-state index contributed by atoms with van der Waals surface area (Å²) in [5.41, 5.74) is -0.809. The molecule has 0 spiro atoms. The first-order valence-corrected chi connectivity index (χ1v) is 10.5. The maximum absolute atomic E-state index is 11.4. The van der Waals surface area contributed by atoms with Crippen molar-refractivity contribution in [1.82, 2.24) is 0 Å². The Labute approximate surface area is 128 Å². The molecule has 0 aromatic heterocycles. The van der Waals surface area contributed by atoms with Crippen molar-refractivity contribution >= 4 is 14.6 Å². The second-order valence-corrected chi connectivity index (χ2v) is 12.4. The Morgan fingerprint density at radius 1 is 1.38 bits per heavy atom. The molecule has 5 atom stereocenters. The minimum Gasteiger partial charge on any atom is -0.408 e. The van der Waals surface area contributed by atoms with E-state index in [9.17, 15) is 4.79 Å². The molecule has 2 aliphatic heterocycles. The van der Waals surface area contributed by atoms with Gasteiger partial charge in [0.25, 0.3) is 0 Å². The van der Waals surface area contributed by atoms with Crippen LogP contribution >= 0.6 is 0 Å². The van der Waals surface area contributed by atoms with Crippen molar-refractivity contribution in [3.05, 3.63) is 0 Å². The topological polar surface area (TPSA) is 54.0 Å². The lowest BCUT2D eigenvalue weighted by molar-refractivity contribution is -0.186. The summed E-state index contributed by atoms with van der Waals surface area (Å²) in [6.07, 6.45) is -0.334. The molecule has 6 heteroatoms. The fraction of sp³-hybridized carbons (Fsp3) is 0.933. The van der Waals surface area contributed by atoms with Gasteiger partial charge in [-0.05, 0) is 25.1 Å². The van der Waals surface area contributed by atoms with Crippen LogP contribution in [0.3, 0.4) is 0 Å². The summed E-state index contributed by atoms with van der Waals surface area (Å²) in [5, 5.41) is 0.0865. The molecule has 0 saturated carbocycles. The van der Waals surface area contributed by atoms with Crippen LogP contribution in [-0.4, -0.2) is 58.3 Å². The highest BCUT2D eigenvalue weighted by Gasteiger charge is 2.66. The standard InChI is InChI=1S/C15H28O5Si/c1-10-12-13(20-21(6,7)14(2,3)4)15(19-10,9-18-12)11(8-16)17-5/h8,10-13H,9H2,1-7H3/t10-,11-,12?,13-,15?/m0/s1. The molecule has 122 valence electrons. The summed E-state index contributed by atoms with van der Waals surface area (Å²) in [4.78, 5) is 11.4. The molecular formula is C15H28O5Si. The summed E-state index contributed by atoms with van der Waals surface area (Å²) in [7, 11) is -0.468. The zero-order valence-electron chi connectivity index (χ0n) is 14.1. The molecule has 21 heavy (non-hydrogen) atoms. The van der Waals surface area contributed by atoms with Gasteiger partial charge in [0.1, 0.15) is 18.3 Å². The second-order valence-electron chi connectivity index (χ2n) is 7.64. The van der Waals surface area contributed by atoms with Crippen LogP contribution < -0.4 is 0 Å². The van der Waals surface area contributed by atoms with Crippen LogP contribution in [0, 0.1) is 0 Å². The van der Waals surface area contributed by atoms with Crippen LogP contribution in [-0.2, 0) is 23.4 Å². The van der Waals surface area contributed by atoms with E-state index in [0.29, 0.717) is 6.61 Å². The minimum atomic E-state index is -1.99. The van der Waals surface area contributed by atoms with Gasteiger partial charge in [0.15, 0.2) is 20.2 Å². The number of carbonyl (C=O) groups excluding carboxylic acids is 1. The Balaban J connectivity index is 2.31. The largest absolute Gasteiger partial charge is 0.408 e. The van der Waals surface area contributed by atoms with Gasteiger partial charge < -0.3 is 23.4 Å². The lowest BCUT2D eigenvalue weighted by atomic mass is 9.93. The smallest absolute Gasteiger partial charge is 0.192 e. The molecule has 0 aliphatic carbocycles. The van der Waals surface area contributed by atoms with Crippen LogP contribution in [0.5, 0.6) is 0 Å². The number of aldehydes is 1. The van der Waals surface area contributed by atoms with Crippen LogP contribution in [0.15, 0.2) is 0 Å². The molecule has 2 rings (SSSR count). The van der Waals surface area contributed by atoms with E-state index in [1.165, 1.54) is 7.11 Å². The van der Waals surface area contributed by atoms with E-state index in [1.54, 1.807) is 0 Å². The summed E-state index contributed by atoms with van der Waals surface area (Å²) < 4.78 is 23.8. The third-order valence-electron chi connectivity index (χ3n) is 5.24. The van der Waals surface area contributed by atoms with Gasteiger partial charge in [-0.2, -0.15) is 0 Å². The number of rotatable bonds is 5. The van der Waals surface area contributed by atoms with Crippen molar-refractivity contribution < 1.29 is 23.4 Å². The van der Waals surface area contributed by atoms with Crippen molar-refractivity contribution in [1.29, 1.82) is 0 Å². The summed E-state index contributed by atoms with van der Waals surface area (Å²) in [5.74, 6) is 0. The van der Waals surface area contributed by atoms with Crippen LogP contribution in [0.1, 0.15) is 27.7 Å². The molecule has 0 radical (unpaired) electrons. The van der Waals surface area contributed by atoms with E-state index in [1.807, 2.05) is 6.92 Å². The SMILES string of the molecule is CO[C@@H](C=O)C12COC([C@H](C)O1)[C@@H]2O[Si](C)(C)C(C)(C)C. The molecule has 0 N–H and O–H groups in total. The molecule has 2 aliphatic rings. The number of methoxy groups -OCH3 is 1. The molecule has 2 bridgehead atoms. The third kappa shape index (κ3) is 2.61. The Morgan fingerprint density at radius 2 is 2.00 bits per heavy atom. The van der Waals surface area contributed by atoms with Gasteiger partial charge >= 0.3 is 0 Å². The van der Waals surface area contributed by atoms with Gasteiger partial charge in [-0.3, -0.25) is 0 Å². The Morgan fingerprint density at radius 3 is 2.43 bits per heavy atom. The molecule has 2 fully saturated rings. The average Bonchev–Trinajstić information content (AvgIpc) is 2.80. The van der Waals surface area contributed by atoms with Gasteiger partial charge in [0, 0.05) is 7.11 Å². The third-order valence-corrected chi connectivity index (χ3v) is 9.69. The highest BCUT2D eigenvalue weighted by molar-refractivity contribution is 6.74. The van der Waals surface area contributed by atoms with Crippen molar-refractivity contribution in [2.45, 2.75) is 75.8 Å². The lowest BCUT2D eigenvalue weighted by Gasteiger charge is -2.42. The number of hydrogen-bond acceptors (Lipinski definition) is 5. The van der Waals surface area contributed by atoms with Gasteiger partial charge in [-0.15, -0.1) is 0 Å². The highest BCUT2D eigenvalue weighted by atomic mass is 28.4. The number of hydrogen-bond donors (Lipinski definition) is 0. The van der Waals surface area contributed by atoms with Gasteiger partial charge in [0.2, 0.25) is 0 Å². The van der Waals surface area contributed by atoms with Crippen molar-refractivity contribution in [2.75, 3.05) is 13.7 Å². The maximum atomic E-state index is 11.4. The first-order valence-electron chi connectivity index (χ1n) is 7.54. The van der Waals surface area contributed by atoms with Gasteiger partial charge in [-0.25, -0.2) is 0 Å². The van der Waals surface area contributed by atoms with Crippen molar-refractivity contribution in [3.8, 4) is 0 Å². The molecule has 2 unspecified atom stereocenters. The van der Waals surface area contributed by atoms with Gasteiger partial charge in [-0.1, -0.05) is 20.8 Å². The van der Waals surface area contributed by atoms with E-state index in [4.69, 9.17) is 18.6 Å². The van der Waals surface area contributed by atoms with Gasteiger partial charge in [0.05, 0.1) is 12.7 Å². The fourth-order valence-electron chi connectivity index (χ4n) is 2.91. The Kier molecular flexibility index (Phi) is 4.41. The lowest BCUT2D eigenvalue weighted by Crippen LogP contribution is -2.57. The van der Waals surface area contributed by atoms with Crippen LogP contribution in [0.2, 0.25) is 18.1 Å². The highest BCUT2D eigenvalue weighted by Crippen LogP contribution is 2.48. The molecule has 5 nitrogen and oxygen atoms in total. The predicted molar refractivity (Wildman–Crippen MR) is 81.9 cm³/mol. The monoisotopic (exact) mass is 316 g/mol. The molecule has 0 aromatic carbocycles. The van der Waals surface area contributed by atoms with E-state index in [2.05, 4.69) is 33.9 Å². The maximum Gasteiger partial charge on any atom is 0.192 e. The zero-order chi connectivity index (χ0) is 16.1. The second kappa shape index (κ2) is 5.42. The molecule has 0 aromatic rings. The van der Waals surface area contributed by atoms with E-state index < -0.39 is 20.0 Å². The minimum absolute atomic E-state index is 0.0865. The fourth-order valence-corrected chi connectivity index (χ4v) is 4.23. The summed E-state index contributed by atoms with van der Waals surface area (Å²) in [6, 6.07) is 0. The number of carbonyl (C=O) groups is 1. The number of ether oxygens (including phenoxy) is 3. The quantitative estimate of drug-likeness (QED) is 0.574. The Bertz CT molecular complexity index is 405. The molecule has 2 saturated heterocycles. The molecular weight excluding hydrogens is 288 g/mol. The van der Waals surface area contributed by atoms with E-state index in [0.717, 1.165) is 6.29 Å². The zero-order valence-corrected chi connectivity index (χ0v) is 15.1. The van der Waals surface area contributed by atoms with Crippen molar-refractivity contribution in [3.63, 3.8) is 0 Å². The van der Waals surface area contributed by atoms with Crippen molar-refractivity contribution in [2.24, 2.45) is 0 Å². The van der Waals surface area contributed by atoms with Crippen LogP contribution in [0.25, 0.3) is 0 Å². The first kappa shape index (κ1) is 17.1.